The van der Waals surface area contributed by atoms with Crippen molar-refractivity contribution in [3.05, 3.63) is 79.0 Å². The van der Waals surface area contributed by atoms with Crippen LogP contribution in [0.5, 0.6) is 0 Å². The van der Waals surface area contributed by atoms with Crippen molar-refractivity contribution in [2.75, 3.05) is 0 Å². The second kappa shape index (κ2) is 4.62. The lowest BCUT2D eigenvalue weighted by Crippen LogP contribution is -1.96. The van der Waals surface area contributed by atoms with E-state index in [-0.39, 0.29) is 0 Å². The minimum Gasteiger partial charge on any atom is -0.309 e. The smallest absolute Gasteiger partial charge is 0.0541 e. The van der Waals surface area contributed by atoms with Gasteiger partial charge in [-0.2, -0.15) is 0 Å². The van der Waals surface area contributed by atoms with Crippen LogP contribution in [0.15, 0.2) is 67.8 Å². The van der Waals surface area contributed by atoms with Crippen molar-refractivity contribution in [1.29, 1.82) is 0 Å². The standard InChI is InChI=1S/C18H15N/c1-3-15-16-12-8-9-13-18(16)19(17(15)4-2)14-10-6-5-7-11-14/h3-13H,1-2H2. The van der Waals surface area contributed by atoms with Gasteiger partial charge in [0.1, 0.15) is 0 Å². The molecule has 19 heavy (non-hydrogen) atoms. The largest absolute Gasteiger partial charge is 0.309 e. The fraction of sp³-hybridized carbons (Fsp3) is 0. The van der Waals surface area contributed by atoms with E-state index >= 15 is 0 Å². The molecule has 0 aliphatic rings. The van der Waals surface area contributed by atoms with Gasteiger partial charge >= 0.3 is 0 Å². The summed E-state index contributed by atoms with van der Waals surface area (Å²) in [7, 11) is 0. The molecule has 0 saturated carbocycles. The van der Waals surface area contributed by atoms with E-state index in [1.54, 1.807) is 0 Å². The van der Waals surface area contributed by atoms with E-state index in [0.717, 1.165) is 16.9 Å². The van der Waals surface area contributed by atoms with Gasteiger partial charge in [0.05, 0.1) is 11.2 Å². The molecule has 0 saturated heterocycles. The van der Waals surface area contributed by atoms with E-state index in [1.807, 2.05) is 30.4 Å². The molecule has 0 amide bonds. The van der Waals surface area contributed by atoms with Crippen molar-refractivity contribution in [3.63, 3.8) is 0 Å². The molecule has 0 fully saturated rings. The van der Waals surface area contributed by atoms with Crippen LogP contribution in [0.2, 0.25) is 0 Å². The third kappa shape index (κ3) is 1.71. The molecular weight excluding hydrogens is 230 g/mol. The van der Waals surface area contributed by atoms with Gasteiger partial charge in [-0.3, -0.25) is 0 Å². The van der Waals surface area contributed by atoms with E-state index in [1.165, 1.54) is 10.9 Å². The highest BCUT2D eigenvalue weighted by atomic mass is 15.0. The highest BCUT2D eigenvalue weighted by Crippen LogP contribution is 2.30. The second-order valence-electron chi connectivity index (χ2n) is 4.40. The van der Waals surface area contributed by atoms with Crippen LogP contribution in [0, 0.1) is 0 Å². The lowest BCUT2D eigenvalue weighted by Gasteiger charge is -2.08. The molecule has 0 atom stereocenters. The maximum atomic E-state index is 3.95. The van der Waals surface area contributed by atoms with Crippen LogP contribution < -0.4 is 0 Å². The van der Waals surface area contributed by atoms with Gasteiger partial charge in [0.2, 0.25) is 0 Å². The lowest BCUT2D eigenvalue weighted by molar-refractivity contribution is 1.11. The Labute approximate surface area is 113 Å². The monoisotopic (exact) mass is 245 g/mol. The SMILES string of the molecule is C=Cc1c(C=C)n(-c2ccccc2)c2ccccc12. The third-order valence-corrected chi connectivity index (χ3v) is 3.36. The number of hydrogen-bond acceptors (Lipinski definition) is 0. The molecular formula is C18H15N. The summed E-state index contributed by atoms with van der Waals surface area (Å²) in [5.74, 6) is 0. The molecule has 0 unspecified atom stereocenters. The summed E-state index contributed by atoms with van der Waals surface area (Å²) in [6.07, 6.45) is 3.79. The molecule has 3 rings (SSSR count). The summed E-state index contributed by atoms with van der Waals surface area (Å²) in [4.78, 5) is 0. The van der Waals surface area contributed by atoms with Crippen molar-refractivity contribution in [2.24, 2.45) is 0 Å². The van der Waals surface area contributed by atoms with Crippen molar-refractivity contribution in [3.8, 4) is 5.69 Å². The van der Waals surface area contributed by atoms with Gasteiger partial charge in [-0.05, 0) is 24.3 Å². The minimum absolute atomic E-state index is 1.09. The predicted octanol–water partition coefficient (Wildman–Crippen LogP) is 4.92. The Balaban J connectivity index is 2.47. The van der Waals surface area contributed by atoms with E-state index < -0.39 is 0 Å². The fourth-order valence-electron chi connectivity index (χ4n) is 2.56. The quantitative estimate of drug-likeness (QED) is 0.617. The molecule has 2 aromatic carbocycles. The fourth-order valence-corrected chi connectivity index (χ4v) is 2.56. The van der Waals surface area contributed by atoms with Crippen LogP contribution in [-0.2, 0) is 0 Å². The maximum absolute atomic E-state index is 3.95. The van der Waals surface area contributed by atoms with Crippen molar-refractivity contribution >= 4 is 23.1 Å². The molecule has 0 aliphatic heterocycles. The molecule has 1 nitrogen and oxygen atoms in total. The molecule has 1 heteroatoms. The van der Waals surface area contributed by atoms with Gasteiger partial charge < -0.3 is 4.57 Å². The zero-order valence-corrected chi connectivity index (χ0v) is 10.7. The minimum atomic E-state index is 1.09. The Morgan fingerprint density at radius 3 is 2.16 bits per heavy atom. The first kappa shape index (κ1) is 11.5. The Bertz CT molecular complexity index is 748. The van der Waals surface area contributed by atoms with Crippen molar-refractivity contribution in [2.45, 2.75) is 0 Å². The molecule has 0 aliphatic carbocycles. The first-order valence-corrected chi connectivity index (χ1v) is 6.30. The molecule has 0 radical (unpaired) electrons. The van der Waals surface area contributed by atoms with Crippen LogP contribution in [0.4, 0.5) is 0 Å². The highest BCUT2D eigenvalue weighted by Gasteiger charge is 2.13. The molecule has 3 aromatic rings. The first-order valence-electron chi connectivity index (χ1n) is 6.30. The molecule has 0 N–H and O–H groups in total. The summed E-state index contributed by atoms with van der Waals surface area (Å²) in [6, 6.07) is 18.7. The average Bonchev–Trinajstić information content (AvgIpc) is 2.81. The summed E-state index contributed by atoms with van der Waals surface area (Å²) in [5, 5.41) is 1.20. The van der Waals surface area contributed by atoms with Crippen LogP contribution in [0.3, 0.4) is 0 Å². The van der Waals surface area contributed by atoms with Gasteiger partial charge in [-0.1, -0.05) is 55.6 Å². The highest BCUT2D eigenvalue weighted by molar-refractivity contribution is 5.95. The first-order chi connectivity index (χ1) is 9.36. The molecule has 1 aromatic heterocycles. The van der Waals surface area contributed by atoms with Crippen LogP contribution in [0.25, 0.3) is 28.7 Å². The van der Waals surface area contributed by atoms with E-state index in [0.29, 0.717) is 0 Å². The van der Waals surface area contributed by atoms with Crippen LogP contribution in [-0.4, -0.2) is 4.57 Å². The van der Waals surface area contributed by atoms with Crippen molar-refractivity contribution in [1.82, 2.24) is 4.57 Å². The van der Waals surface area contributed by atoms with E-state index in [4.69, 9.17) is 0 Å². The summed E-state index contributed by atoms with van der Waals surface area (Å²) in [5.41, 5.74) is 4.54. The van der Waals surface area contributed by atoms with Crippen LogP contribution in [0.1, 0.15) is 11.3 Å². The molecule has 1 heterocycles. The third-order valence-electron chi connectivity index (χ3n) is 3.36. The van der Waals surface area contributed by atoms with Crippen molar-refractivity contribution < 1.29 is 0 Å². The number of nitrogens with zero attached hydrogens (tertiary/aromatic N) is 1. The number of para-hydroxylation sites is 2. The van der Waals surface area contributed by atoms with Gasteiger partial charge in [-0.25, -0.2) is 0 Å². The Morgan fingerprint density at radius 1 is 0.789 bits per heavy atom. The maximum Gasteiger partial charge on any atom is 0.0541 e. The van der Waals surface area contributed by atoms with Gasteiger partial charge in [0.25, 0.3) is 0 Å². The lowest BCUT2D eigenvalue weighted by atomic mass is 10.1. The van der Waals surface area contributed by atoms with Gasteiger partial charge in [0, 0.05) is 16.6 Å². The second-order valence-corrected chi connectivity index (χ2v) is 4.40. The normalized spacial score (nSPS) is 10.5. The molecule has 92 valence electrons. The topological polar surface area (TPSA) is 4.93 Å². The number of aromatic nitrogens is 1. The summed E-state index contributed by atoms with van der Waals surface area (Å²) in [6.45, 7) is 7.89. The van der Waals surface area contributed by atoms with Gasteiger partial charge in [0.15, 0.2) is 0 Å². The Hall–Kier alpha value is -2.54. The number of rotatable bonds is 3. The van der Waals surface area contributed by atoms with E-state index in [2.05, 4.69) is 54.1 Å². The molecule has 0 bridgehead atoms. The molecule has 0 spiro atoms. The average molecular weight is 245 g/mol. The Morgan fingerprint density at radius 2 is 1.47 bits per heavy atom. The van der Waals surface area contributed by atoms with E-state index in [9.17, 15) is 0 Å². The number of fused-ring (bicyclic) bond motifs is 1. The predicted molar refractivity (Wildman–Crippen MR) is 83.5 cm³/mol. The Kier molecular flexibility index (Phi) is 2.81. The zero-order valence-electron chi connectivity index (χ0n) is 10.7. The number of hydrogen-bond donors (Lipinski definition) is 0. The number of benzene rings is 2. The zero-order chi connectivity index (χ0) is 13.2. The van der Waals surface area contributed by atoms with Gasteiger partial charge in [-0.15, -0.1) is 0 Å². The van der Waals surface area contributed by atoms with Crippen LogP contribution >= 0.6 is 0 Å². The summed E-state index contributed by atoms with van der Waals surface area (Å²) >= 11 is 0. The summed E-state index contributed by atoms with van der Waals surface area (Å²) < 4.78 is 2.22.